The van der Waals surface area contributed by atoms with Crippen LogP contribution in [0.1, 0.15) is 11.3 Å². The third kappa shape index (κ3) is 2.62. The highest BCUT2D eigenvalue weighted by Gasteiger charge is 2.38. The third-order valence-corrected chi connectivity index (χ3v) is 3.40. The number of hydrogen-bond acceptors (Lipinski definition) is 1. The molecule has 0 N–H and O–H groups in total. The zero-order valence-corrected chi connectivity index (χ0v) is 11.8. The molecular weight excluding hydrogens is 289 g/mol. The number of hydrogen-bond donors (Lipinski definition) is 0. The minimum Gasteiger partial charge on any atom is -0.298 e. The van der Waals surface area contributed by atoms with Crippen LogP contribution in [0.25, 0.3) is 16.9 Å². The molecule has 0 spiro atoms. The van der Waals surface area contributed by atoms with E-state index in [2.05, 4.69) is 4.98 Å². The van der Waals surface area contributed by atoms with Crippen molar-refractivity contribution in [2.24, 2.45) is 0 Å². The molecule has 0 saturated carbocycles. The molecular formula is C17H13F3N2. The van der Waals surface area contributed by atoms with E-state index in [1.807, 2.05) is 13.0 Å². The first-order valence-electron chi connectivity index (χ1n) is 6.74. The quantitative estimate of drug-likeness (QED) is 0.660. The number of rotatable bonds is 2. The fourth-order valence-electron chi connectivity index (χ4n) is 2.33. The molecule has 22 heavy (non-hydrogen) atoms. The van der Waals surface area contributed by atoms with E-state index >= 15 is 0 Å². The highest BCUT2D eigenvalue weighted by Crippen LogP contribution is 2.37. The van der Waals surface area contributed by atoms with Crippen LogP contribution in [-0.4, -0.2) is 9.55 Å². The lowest BCUT2D eigenvalue weighted by atomic mass is 10.1. The number of aryl methyl sites for hydroxylation is 1. The molecule has 5 heteroatoms. The summed E-state index contributed by atoms with van der Waals surface area (Å²) in [5.41, 5.74) is 1.29. The van der Waals surface area contributed by atoms with E-state index in [4.69, 9.17) is 0 Å². The van der Waals surface area contributed by atoms with Gasteiger partial charge in [0, 0.05) is 11.3 Å². The van der Waals surface area contributed by atoms with E-state index in [0.29, 0.717) is 11.3 Å². The fourth-order valence-corrected chi connectivity index (χ4v) is 2.33. The van der Waals surface area contributed by atoms with Crippen LogP contribution in [0.4, 0.5) is 13.2 Å². The van der Waals surface area contributed by atoms with Gasteiger partial charge in [0.05, 0.1) is 5.69 Å². The number of halogens is 3. The van der Waals surface area contributed by atoms with E-state index in [1.54, 1.807) is 48.5 Å². The maximum absolute atomic E-state index is 13.3. The van der Waals surface area contributed by atoms with Gasteiger partial charge in [-0.2, -0.15) is 13.2 Å². The first kappa shape index (κ1) is 14.4. The number of alkyl halides is 3. The van der Waals surface area contributed by atoms with Crippen LogP contribution in [-0.2, 0) is 6.18 Å². The van der Waals surface area contributed by atoms with Crippen molar-refractivity contribution in [1.29, 1.82) is 0 Å². The molecule has 0 aliphatic carbocycles. The van der Waals surface area contributed by atoms with Crippen LogP contribution in [0, 0.1) is 6.92 Å². The van der Waals surface area contributed by atoms with Gasteiger partial charge in [-0.05, 0) is 19.1 Å². The molecule has 2 aromatic carbocycles. The second-order valence-corrected chi connectivity index (χ2v) is 5.01. The molecule has 2 nitrogen and oxygen atoms in total. The predicted molar refractivity (Wildman–Crippen MR) is 78.7 cm³/mol. The Morgan fingerprint density at radius 2 is 1.55 bits per heavy atom. The summed E-state index contributed by atoms with van der Waals surface area (Å²) < 4.78 is 41.3. The minimum absolute atomic E-state index is 0.0544. The average Bonchev–Trinajstić information content (AvgIpc) is 2.94. The standard InChI is InChI=1S/C17H13F3N2/c1-12-7-9-13(10-8-12)15-16(17(18,19)20)21-11-22(15)14-5-3-2-4-6-14/h2-11H,1H3. The van der Waals surface area contributed by atoms with Crippen LogP contribution in [0.3, 0.4) is 0 Å². The lowest BCUT2D eigenvalue weighted by Crippen LogP contribution is -2.08. The molecule has 0 aliphatic rings. The Morgan fingerprint density at radius 1 is 0.909 bits per heavy atom. The van der Waals surface area contributed by atoms with Gasteiger partial charge in [0.15, 0.2) is 5.69 Å². The predicted octanol–water partition coefficient (Wildman–Crippen LogP) is 4.87. The molecule has 0 aliphatic heterocycles. The molecule has 0 amide bonds. The molecule has 112 valence electrons. The monoisotopic (exact) mass is 302 g/mol. The Morgan fingerprint density at radius 3 is 2.14 bits per heavy atom. The lowest BCUT2D eigenvalue weighted by Gasteiger charge is -2.12. The topological polar surface area (TPSA) is 17.8 Å². The van der Waals surface area contributed by atoms with Gasteiger partial charge < -0.3 is 0 Å². The number of benzene rings is 2. The van der Waals surface area contributed by atoms with Gasteiger partial charge in [0.25, 0.3) is 0 Å². The highest BCUT2D eigenvalue weighted by molar-refractivity contribution is 5.66. The summed E-state index contributed by atoms with van der Waals surface area (Å²) in [6, 6.07) is 15.8. The van der Waals surface area contributed by atoms with Gasteiger partial charge in [-0.25, -0.2) is 4.98 Å². The van der Waals surface area contributed by atoms with Gasteiger partial charge in [-0.3, -0.25) is 4.57 Å². The molecule has 0 atom stereocenters. The molecule has 3 aromatic rings. The van der Waals surface area contributed by atoms with E-state index in [-0.39, 0.29) is 5.69 Å². The van der Waals surface area contributed by atoms with Crippen LogP contribution in [0.15, 0.2) is 60.9 Å². The molecule has 0 radical (unpaired) electrons. The summed E-state index contributed by atoms with van der Waals surface area (Å²) >= 11 is 0. The summed E-state index contributed by atoms with van der Waals surface area (Å²) in [6.07, 6.45) is -3.28. The average molecular weight is 302 g/mol. The summed E-state index contributed by atoms with van der Waals surface area (Å²) in [6.45, 7) is 1.89. The first-order chi connectivity index (χ1) is 10.5. The van der Waals surface area contributed by atoms with Gasteiger partial charge in [-0.1, -0.05) is 48.0 Å². The Hall–Kier alpha value is -2.56. The third-order valence-electron chi connectivity index (χ3n) is 3.40. The van der Waals surface area contributed by atoms with Gasteiger partial charge in [0.2, 0.25) is 0 Å². The zero-order chi connectivity index (χ0) is 15.7. The van der Waals surface area contributed by atoms with Crippen LogP contribution in [0.2, 0.25) is 0 Å². The Kier molecular flexibility index (Phi) is 3.48. The van der Waals surface area contributed by atoms with E-state index in [9.17, 15) is 13.2 Å². The van der Waals surface area contributed by atoms with Crippen molar-refractivity contribution < 1.29 is 13.2 Å². The van der Waals surface area contributed by atoms with Crippen LogP contribution in [0.5, 0.6) is 0 Å². The van der Waals surface area contributed by atoms with Crippen molar-refractivity contribution in [2.45, 2.75) is 13.1 Å². The summed E-state index contributed by atoms with van der Waals surface area (Å²) in [5, 5.41) is 0. The minimum atomic E-state index is -4.50. The van der Waals surface area contributed by atoms with Gasteiger partial charge >= 0.3 is 6.18 Å². The van der Waals surface area contributed by atoms with Crippen molar-refractivity contribution in [1.82, 2.24) is 9.55 Å². The highest BCUT2D eigenvalue weighted by atomic mass is 19.4. The zero-order valence-electron chi connectivity index (χ0n) is 11.8. The van der Waals surface area contributed by atoms with Crippen molar-refractivity contribution >= 4 is 0 Å². The van der Waals surface area contributed by atoms with Crippen molar-refractivity contribution in [3.05, 3.63) is 72.2 Å². The van der Waals surface area contributed by atoms with Crippen LogP contribution >= 0.6 is 0 Å². The largest absolute Gasteiger partial charge is 0.435 e. The molecule has 0 saturated heterocycles. The number of imidazole rings is 1. The van der Waals surface area contributed by atoms with Crippen molar-refractivity contribution in [3.8, 4) is 16.9 Å². The van der Waals surface area contributed by atoms with Gasteiger partial charge in [-0.15, -0.1) is 0 Å². The van der Waals surface area contributed by atoms with Gasteiger partial charge in [0.1, 0.15) is 6.33 Å². The Labute approximate surface area is 125 Å². The second-order valence-electron chi connectivity index (χ2n) is 5.01. The summed E-state index contributed by atoms with van der Waals surface area (Å²) in [4.78, 5) is 3.60. The van der Waals surface area contributed by atoms with E-state index in [0.717, 1.165) is 5.56 Å². The van der Waals surface area contributed by atoms with E-state index < -0.39 is 11.9 Å². The first-order valence-corrected chi connectivity index (χ1v) is 6.74. The number of para-hydroxylation sites is 1. The number of nitrogens with zero attached hydrogens (tertiary/aromatic N) is 2. The molecule has 1 aromatic heterocycles. The smallest absolute Gasteiger partial charge is 0.298 e. The Balaban J connectivity index is 2.24. The fraction of sp³-hybridized carbons (Fsp3) is 0.118. The summed E-state index contributed by atoms with van der Waals surface area (Å²) in [5.74, 6) is 0. The molecule has 1 heterocycles. The van der Waals surface area contributed by atoms with E-state index in [1.165, 1.54) is 10.9 Å². The normalized spacial score (nSPS) is 11.6. The maximum atomic E-state index is 13.3. The second kappa shape index (κ2) is 5.33. The molecule has 3 rings (SSSR count). The van der Waals surface area contributed by atoms with Crippen LogP contribution < -0.4 is 0 Å². The summed E-state index contributed by atoms with van der Waals surface area (Å²) in [7, 11) is 0. The number of aromatic nitrogens is 2. The van der Waals surface area contributed by atoms with Crippen molar-refractivity contribution in [2.75, 3.05) is 0 Å². The Bertz CT molecular complexity index is 772. The molecule has 0 unspecified atom stereocenters. The SMILES string of the molecule is Cc1ccc(-c2c(C(F)(F)F)ncn2-c2ccccc2)cc1. The maximum Gasteiger partial charge on any atom is 0.435 e. The van der Waals surface area contributed by atoms with Crippen molar-refractivity contribution in [3.63, 3.8) is 0 Å². The molecule has 0 fully saturated rings. The molecule has 0 bridgehead atoms. The lowest BCUT2D eigenvalue weighted by molar-refractivity contribution is -0.140.